The van der Waals surface area contributed by atoms with Gasteiger partial charge in [0.15, 0.2) is 0 Å². The van der Waals surface area contributed by atoms with E-state index in [-0.39, 0.29) is 17.0 Å². The summed E-state index contributed by atoms with van der Waals surface area (Å²) >= 11 is 6.02. The number of ether oxygens (including phenoxy) is 1. The highest BCUT2D eigenvalue weighted by Crippen LogP contribution is 2.33. The molecule has 2 rings (SSSR count). The molecule has 0 saturated heterocycles. The average Bonchev–Trinajstić information content (AvgIpc) is 2.49. The zero-order valence-corrected chi connectivity index (χ0v) is 12.0. The van der Waals surface area contributed by atoms with Crippen molar-refractivity contribution in [3.05, 3.63) is 62.7 Å². The number of hydrogen-bond acceptors (Lipinski definition) is 4. The van der Waals surface area contributed by atoms with E-state index in [1.165, 1.54) is 18.2 Å². The monoisotopic (exact) mass is 305 g/mol. The van der Waals surface area contributed by atoms with E-state index in [0.29, 0.717) is 17.1 Å². The molecule has 6 heteroatoms. The number of nitrogens with zero attached hydrogens (tertiary/aromatic N) is 1. The van der Waals surface area contributed by atoms with E-state index in [0.717, 1.165) is 12.0 Å². The molecule has 0 aliphatic heterocycles. The number of aryl methyl sites for hydroxylation is 1. The molecule has 0 radical (unpaired) electrons. The van der Waals surface area contributed by atoms with Crippen molar-refractivity contribution in [2.24, 2.45) is 0 Å². The fraction of sp³-hybridized carbons (Fsp3) is 0.133. The van der Waals surface area contributed by atoms with Gasteiger partial charge in [-0.05, 0) is 42.3 Å². The van der Waals surface area contributed by atoms with E-state index in [4.69, 9.17) is 16.3 Å². The predicted octanol–water partition coefficient (Wildman–Crippen LogP) is 4.42. The molecule has 21 heavy (non-hydrogen) atoms. The van der Waals surface area contributed by atoms with Crippen molar-refractivity contribution >= 4 is 23.6 Å². The normalized spacial score (nSPS) is 10.2. The van der Waals surface area contributed by atoms with Crippen LogP contribution < -0.4 is 4.74 Å². The molecule has 0 saturated carbocycles. The second-order valence-corrected chi connectivity index (χ2v) is 4.72. The van der Waals surface area contributed by atoms with Crippen LogP contribution in [0.4, 0.5) is 5.69 Å². The van der Waals surface area contributed by atoms with E-state index < -0.39 is 4.92 Å². The molecule has 0 heterocycles. The Hall–Kier alpha value is -2.40. The number of nitro benzene ring substituents is 1. The van der Waals surface area contributed by atoms with Crippen LogP contribution >= 0.6 is 11.6 Å². The van der Waals surface area contributed by atoms with Crippen LogP contribution in [0.15, 0.2) is 36.4 Å². The Balaban J connectivity index is 2.39. The molecule has 0 bridgehead atoms. The second-order valence-electron chi connectivity index (χ2n) is 4.31. The highest BCUT2D eigenvalue weighted by molar-refractivity contribution is 6.31. The number of aldehydes is 1. The van der Waals surface area contributed by atoms with Crippen molar-refractivity contribution in [1.29, 1.82) is 0 Å². The quantitative estimate of drug-likeness (QED) is 0.466. The molecule has 0 aliphatic carbocycles. The summed E-state index contributed by atoms with van der Waals surface area (Å²) in [6.45, 7) is 1.95. The Morgan fingerprint density at radius 3 is 2.67 bits per heavy atom. The van der Waals surface area contributed by atoms with Gasteiger partial charge in [-0.25, -0.2) is 0 Å². The SMILES string of the molecule is CCc1cc(Oc2ccc(C=O)cc2[N+](=O)[O-])ccc1Cl. The lowest BCUT2D eigenvalue weighted by Gasteiger charge is -2.09. The smallest absolute Gasteiger partial charge is 0.312 e. The first kappa shape index (κ1) is 15.0. The molecule has 108 valence electrons. The van der Waals surface area contributed by atoms with Gasteiger partial charge in [-0.15, -0.1) is 0 Å². The number of rotatable bonds is 5. The zero-order chi connectivity index (χ0) is 15.4. The maximum atomic E-state index is 11.0. The van der Waals surface area contributed by atoms with Gasteiger partial charge in [-0.2, -0.15) is 0 Å². The van der Waals surface area contributed by atoms with Crippen LogP contribution in [-0.2, 0) is 6.42 Å². The number of carbonyl (C=O) groups is 1. The standard InChI is InChI=1S/C15H12ClNO4/c1-2-11-8-12(4-5-13(11)16)21-15-6-3-10(9-18)7-14(15)17(19)20/h3-9H,2H2,1H3. The third-order valence-electron chi connectivity index (χ3n) is 2.94. The van der Waals surface area contributed by atoms with E-state index in [9.17, 15) is 14.9 Å². The van der Waals surface area contributed by atoms with Crippen LogP contribution in [0.2, 0.25) is 5.02 Å². The predicted molar refractivity (Wildman–Crippen MR) is 79.4 cm³/mol. The molecular weight excluding hydrogens is 294 g/mol. The summed E-state index contributed by atoms with van der Waals surface area (Å²) in [7, 11) is 0. The van der Waals surface area contributed by atoms with Crippen LogP contribution in [0.5, 0.6) is 11.5 Å². The van der Waals surface area contributed by atoms with Crippen LogP contribution in [0, 0.1) is 10.1 Å². The molecule has 5 nitrogen and oxygen atoms in total. The first-order valence-electron chi connectivity index (χ1n) is 6.25. The molecule has 0 fully saturated rings. The van der Waals surface area contributed by atoms with Crippen LogP contribution in [0.3, 0.4) is 0 Å². The Kier molecular flexibility index (Phi) is 4.55. The average molecular weight is 306 g/mol. The van der Waals surface area contributed by atoms with Gasteiger partial charge in [-0.1, -0.05) is 18.5 Å². The van der Waals surface area contributed by atoms with Crippen molar-refractivity contribution in [3.8, 4) is 11.5 Å². The number of carbonyl (C=O) groups excluding carboxylic acids is 1. The highest BCUT2D eigenvalue weighted by atomic mass is 35.5. The molecule has 0 spiro atoms. The Labute approximate surface area is 126 Å². The highest BCUT2D eigenvalue weighted by Gasteiger charge is 2.17. The molecule has 0 amide bonds. The van der Waals surface area contributed by atoms with Gasteiger partial charge >= 0.3 is 5.69 Å². The van der Waals surface area contributed by atoms with Crippen LogP contribution in [-0.4, -0.2) is 11.2 Å². The largest absolute Gasteiger partial charge is 0.450 e. The Bertz CT molecular complexity index is 700. The number of benzene rings is 2. The molecule has 0 N–H and O–H groups in total. The van der Waals surface area contributed by atoms with E-state index in [1.807, 2.05) is 6.92 Å². The van der Waals surface area contributed by atoms with Gasteiger partial charge < -0.3 is 4.74 Å². The van der Waals surface area contributed by atoms with Crippen molar-refractivity contribution < 1.29 is 14.5 Å². The lowest BCUT2D eigenvalue weighted by Crippen LogP contribution is -1.95. The lowest BCUT2D eigenvalue weighted by atomic mass is 10.1. The van der Waals surface area contributed by atoms with Crippen molar-refractivity contribution in [1.82, 2.24) is 0 Å². The van der Waals surface area contributed by atoms with E-state index >= 15 is 0 Å². The second kappa shape index (κ2) is 6.37. The Morgan fingerprint density at radius 1 is 1.29 bits per heavy atom. The molecular formula is C15H12ClNO4. The zero-order valence-electron chi connectivity index (χ0n) is 11.2. The van der Waals surface area contributed by atoms with Gasteiger partial charge in [0.2, 0.25) is 5.75 Å². The summed E-state index contributed by atoms with van der Waals surface area (Å²) in [5.41, 5.74) is 0.855. The van der Waals surface area contributed by atoms with E-state index in [2.05, 4.69) is 0 Å². The summed E-state index contributed by atoms with van der Waals surface area (Å²) in [6, 6.07) is 9.10. The van der Waals surface area contributed by atoms with Gasteiger partial charge in [0.05, 0.1) is 4.92 Å². The molecule has 0 atom stereocenters. The topological polar surface area (TPSA) is 69.4 Å². The third-order valence-corrected chi connectivity index (χ3v) is 3.31. The van der Waals surface area contributed by atoms with Crippen molar-refractivity contribution in [3.63, 3.8) is 0 Å². The number of nitro groups is 1. The first-order valence-corrected chi connectivity index (χ1v) is 6.63. The Morgan fingerprint density at radius 2 is 2.05 bits per heavy atom. The summed E-state index contributed by atoms with van der Waals surface area (Å²) in [6.07, 6.45) is 1.27. The fourth-order valence-electron chi connectivity index (χ4n) is 1.85. The van der Waals surface area contributed by atoms with Gasteiger partial charge in [0, 0.05) is 16.7 Å². The van der Waals surface area contributed by atoms with Crippen molar-refractivity contribution in [2.45, 2.75) is 13.3 Å². The van der Waals surface area contributed by atoms with Gasteiger partial charge in [0.1, 0.15) is 12.0 Å². The summed E-state index contributed by atoms with van der Waals surface area (Å²) in [5, 5.41) is 11.7. The van der Waals surface area contributed by atoms with Crippen LogP contribution in [0.25, 0.3) is 0 Å². The summed E-state index contributed by atoms with van der Waals surface area (Å²) < 4.78 is 5.55. The number of hydrogen-bond donors (Lipinski definition) is 0. The van der Waals surface area contributed by atoms with Crippen molar-refractivity contribution in [2.75, 3.05) is 0 Å². The number of halogens is 1. The fourth-order valence-corrected chi connectivity index (χ4v) is 2.10. The minimum absolute atomic E-state index is 0.0787. The first-order chi connectivity index (χ1) is 10.0. The lowest BCUT2D eigenvalue weighted by molar-refractivity contribution is -0.385. The van der Waals surface area contributed by atoms with Gasteiger partial charge in [-0.3, -0.25) is 14.9 Å². The minimum Gasteiger partial charge on any atom is -0.450 e. The third kappa shape index (κ3) is 3.38. The van der Waals surface area contributed by atoms with Crippen LogP contribution in [0.1, 0.15) is 22.8 Å². The van der Waals surface area contributed by atoms with E-state index in [1.54, 1.807) is 18.2 Å². The maximum Gasteiger partial charge on any atom is 0.312 e. The summed E-state index contributed by atoms with van der Waals surface area (Å²) in [5.74, 6) is 0.535. The molecule has 0 aromatic heterocycles. The molecule has 2 aromatic rings. The molecule has 2 aromatic carbocycles. The minimum atomic E-state index is -0.584. The maximum absolute atomic E-state index is 11.0. The molecule has 0 aliphatic rings. The molecule has 0 unspecified atom stereocenters. The van der Waals surface area contributed by atoms with Gasteiger partial charge in [0.25, 0.3) is 0 Å². The summed E-state index contributed by atoms with van der Waals surface area (Å²) in [4.78, 5) is 21.2.